The number of hydrogen-bond acceptors (Lipinski definition) is 4. The number of aryl methyl sites for hydroxylation is 1. The van der Waals surface area contributed by atoms with E-state index in [0.29, 0.717) is 25.3 Å². The van der Waals surface area contributed by atoms with E-state index in [1.807, 2.05) is 54.8 Å². The smallest absolute Gasteiger partial charge is 0.253 e. The van der Waals surface area contributed by atoms with Gasteiger partial charge in [0.2, 0.25) is 0 Å². The first kappa shape index (κ1) is 23.0. The predicted octanol–water partition coefficient (Wildman–Crippen LogP) is 4.05. The molecule has 2 aromatic carbocycles. The van der Waals surface area contributed by atoms with Crippen molar-refractivity contribution >= 4 is 5.91 Å². The molecule has 1 atom stereocenters. The molecular formula is C26H30FN3O3. The van der Waals surface area contributed by atoms with Crippen LogP contribution < -0.4 is 10.1 Å². The van der Waals surface area contributed by atoms with Crippen molar-refractivity contribution in [2.45, 2.75) is 19.9 Å². The van der Waals surface area contributed by atoms with Gasteiger partial charge in [-0.05, 0) is 49.7 Å². The lowest BCUT2D eigenvalue weighted by molar-refractivity contribution is 0.0162. The van der Waals surface area contributed by atoms with Crippen molar-refractivity contribution in [1.82, 2.24) is 14.8 Å². The molecule has 1 aliphatic rings. The lowest BCUT2D eigenvalue weighted by Gasteiger charge is -2.35. The van der Waals surface area contributed by atoms with Gasteiger partial charge in [-0.1, -0.05) is 18.2 Å². The van der Waals surface area contributed by atoms with E-state index < -0.39 is 0 Å². The summed E-state index contributed by atoms with van der Waals surface area (Å²) >= 11 is 0. The summed E-state index contributed by atoms with van der Waals surface area (Å²) in [5.41, 5.74) is 4.22. The molecule has 1 aliphatic heterocycles. The molecule has 3 aromatic rings. The van der Waals surface area contributed by atoms with Gasteiger partial charge in [-0.25, -0.2) is 4.39 Å². The second-order valence-corrected chi connectivity index (χ2v) is 8.25. The SMILES string of the molecule is COc1cccc(-n2c(C)cc(C(=O)NCC(c3cccc(F)c3)N3CCOCC3)c2C)c1. The number of amides is 1. The Labute approximate surface area is 193 Å². The molecule has 0 bridgehead atoms. The number of benzene rings is 2. The highest BCUT2D eigenvalue weighted by atomic mass is 19.1. The third-order valence-electron chi connectivity index (χ3n) is 6.16. The van der Waals surface area contributed by atoms with Crippen molar-refractivity contribution in [1.29, 1.82) is 0 Å². The second-order valence-electron chi connectivity index (χ2n) is 8.25. The van der Waals surface area contributed by atoms with Gasteiger partial charge in [-0.2, -0.15) is 0 Å². The summed E-state index contributed by atoms with van der Waals surface area (Å²) < 4.78 is 26.8. The number of carbonyl (C=O) groups excluding carboxylic acids is 1. The number of rotatable bonds is 7. The van der Waals surface area contributed by atoms with Crippen molar-refractivity contribution in [2.24, 2.45) is 0 Å². The van der Waals surface area contributed by atoms with Gasteiger partial charge in [0.05, 0.1) is 31.9 Å². The van der Waals surface area contributed by atoms with Crippen LogP contribution in [0, 0.1) is 19.7 Å². The number of ether oxygens (including phenoxy) is 2. The Balaban J connectivity index is 1.55. The van der Waals surface area contributed by atoms with E-state index >= 15 is 0 Å². The zero-order valence-corrected chi connectivity index (χ0v) is 19.3. The molecule has 33 heavy (non-hydrogen) atoms. The average molecular weight is 452 g/mol. The Morgan fingerprint density at radius 3 is 2.61 bits per heavy atom. The maximum atomic E-state index is 13.9. The highest BCUT2D eigenvalue weighted by Gasteiger charge is 2.25. The van der Waals surface area contributed by atoms with Crippen molar-refractivity contribution in [2.75, 3.05) is 40.0 Å². The van der Waals surface area contributed by atoms with E-state index in [4.69, 9.17) is 9.47 Å². The standard InChI is InChI=1S/C26H30FN3O3/c1-18-14-24(19(2)30(18)22-8-5-9-23(16-22)32-3)26(31)28-17-25(29-10-12-33-13-11-29)20-6-4-7-21(27)15-20/h4-9,14-16,25H,10-13,17H2,1-3H3,(H,28,31). The number of nitrogens with one attached hydrogen (secondary N) is 1. The summed E-state index contributed by atoms with van der Waals surface area (Å²) in [5.74, 6) is 0.334. The quantitative estimate of drug-likeness (QED) is 0.589. The fourth-order valence-corrected chi connectivity index (χ4v) is 4.48. The first-order valence-corrected chi connectivity index (χ1v) is 11.2. The Bertz CT molecular complexity index is 1120. The maximum Gasteiger partial charge on any atom is 0.253 e. The lowest BCUT2D eigenvalue weighted by Crippen LogP contribution is -2.43. The van der Waals surface area contributed by atoms with Crippen LogP contribution in [0.4, 0.5) is 4.39 Å². The summed E-state index contributed by atoms with van der Waals surface area (Å²) in [6.45, 7) is 7.02. The lowest BCUT2D eigenvalue weighted by atomic mass is 10.0. The van der Waals surface area contributed by atoms with Crippen LogP contribution in [0.2, 0.25) is 0 Å². The molecule has 0 aliphatic carbocycles. The molecule has 174 valence electrons. The van der Waals surface area contributed by atoms with Gasteiger partial charge in [-0.15, -0.1) is 0 Å². The molecule has 0 saturated carbocycles. The molecule has 1 fully saturated rings. The average Bonchev–Trinajstić information content (AvgIpc) is 3.13. The number of methoxy groups -OCH3 is 1. The van der Waals surface area contributed by atoms with Crippen LogP contribution in [0.25, 0.3) is 5.69 Å². The zero-order chi connectivity index (χ0) is 23.4. The summed E-state index contributed by atoms with van der Waals surface area (Å²) in [7, 11) is 1.64. The monoisotopic (exact) mass is 451 g/mol. The van der Waals surface area contributed by atoms with E-state index in [2.05, 4.69) is 10.2 Å². The van der Waals surface area contributed by atoms with Gasteiger partial charge in [-0.3, -0.25) is 9.69 Å². The molecule has 0 radical (unpaired) electrons. The fourth-order valence-electron chi connectivity index (χ4n) is 4.48. The van der Waals surface area contributed by atoms with Crippen molar-refractivity contribution in [3.63, 3.8) is 0 Å². The Hall–Kier alpha value is -3.16. The molecule has 1 N–H and O–H groups in total. The van der Waals surface area contributed by atoms with Crippen LogP contribution in [-0.4, -0.2) is 55.3 Å². The molecule has 2 heterocycles. The molecule has 7 heteroatoms. The van der Waals surface area contributed by atoms with Gasteiger partial charge < -0.3 is 19.4 Å². The van der Waals surface area contributed by atoms with Crippen LogP contribution >= 0.6 is 0 Å². The van der Waals surface area contributed by atoms with Gasteiger partial charge in [0.1, 0.15) is 11.6 Å². The van der Waals surface area contributed by atoms with Gasteiger partial charge >= 0.3 is 0 Å². The van der Waals surface area contributed by atoms with E-state index in [1.165, 1.54) is 6.07 Å². The highest BCUT2D eigenvalue weighted by molar-refractivity contribution is 5.96. The van der Waals surface area contributed by atoms with E-state index in [-0.39, 0.29) is 17.8 Å². The number of halogens is 1. The molecule has 0 spiro atoms. The van der Waals surface area contributed by atoms with Crippen molar-refractivity contribution < 1.29 is 18.7 Å². The summed E-state index contributed by atoms with van der Waals surface area (Å²) in [4.78, 5) is 15.4. The Morgan fingerprint density at radius 2 is 1.88 bits per heavy atom. The minimum absolute atomic E-state index is 0.129. The summed E-state index contributed by atoms with van der Waals surface area (Å²) in [6.07, 6.45) is 0. The van der Waals surface area contributed by atoms with Crippen LogP contribution in [0.1, 0.15) is 33.4 Å². The van der Waals surface area contributed by atoms with Gasteiger partial charge in [0.25, 0.3) is 5.91 Å². The number of morpholine rings is 1. The maximum absolute atomic E-state index is 13.9. The number of hydrogen-bond donors (Lipinski definition) is 1. The zero-order valence-electron chi connectivity index (χ0n) is 19.3. The molecule has 1 amide bonds. The van der Waals surface area contributed by atoms with Crippen molar-refractivity contribution in [3.05, 3.63) is 82.9 Å². The van der Waals surface area contributed by atoms with E-state index in [0.717, 1.165) is 41.5 Å². The van der Waals surface area contributed by atoms with E-state index in [9.17, 15) is 9.18 Å². The summed E-state index contributed by atoms with van der Waals surface area (Å²) in [6, 6.07) is 16.1. The highest BCUT2D eigenvalue weighted by Crippen LogP contribution is 2.25. The van der Waals surface area contributed by atoms with Crippen LogP contribution in [0.5, 0.6) is 5.75 Å². The number of nitrogens with zero attached hydrogens (tertiary/aromatic N) is 2. The Morgan fingerprint density at radius 1 is 1.12 bits per heavy atom. The predicted molar refractivity (Wildman–Crippen MR) is 126 cm³/mol. The molecule has 4 rings (SSSR count). The normalized spacial score (nSPS) is 15.3. The Kier molecular flexibility index (Phi) is 7.11. The van der Waals surface area contributed by atoms with Gasteiger partial charge in [0, 0.05) is 42.8 Å². The van der Waals surface area contributed by atoms with Crippen molar-refractivity contribution in [3.8, 4) is 11.4 Å². The van der Waals surface area contributed by atoms with E-state index in [1.54, 1.807) is 19.2 Å². The first-order chi connectivity index (χ1) is 16.0. The molecule has 1 saturated heterocycles. The third-order valence-corrected chi connectivity index (χ3v) is 6.16. The topological polar surface area (TPSA) is 55.7 Å². The fraction of sp³-hybridized carbons (Fsp3) is 0.346. The minimum atomic E-state index is -0.279. The molecule has 1 unspecified atom stereocenters. The molecular weight excluding hydrogens is 421 g/mol. The minimum Gasteiger partial charge on any atom is -0.497 e. The number of aromatic nitrogens is 1. The second kappa shape index (κ2) is 10.2. The number of carbonyl (C=O) groups is 1. The molecule has 6 nitrogen and oxygen atoms in total. The van der Waals surface area contributed by atoms with Crippen LogP contribution in [0.3, 0.4) is 0 Å². The summed E-state index contributed by atoms with van der Waals surface area (Å²) in [5, 5.41) is 3.09. The molecule has 1 aromatic heterocycles. The van der Waals surface area contributed by atoms with Crippen LogP contribution in [0.15, 0.2) is 54.6 Å². The van der Waals surface area contributed by atoms with Gasteiger partial charge in [0.15, 0.2) is 0 Å². The first-order valence-electron chi connectivity index (χ1n) is 11.2. The van der Waals surface area contributed by atoms with Crippen LogP contribution in [-0.2, 0) is 4.74 Å². The largest absolute Gasteiger partial charge is 0.497 e. The third kappa shape index (κ3) is 5.10.